The Labute approximate surface area is 148 Å². The molecule has 25 heavy (non-hydrogen) atoms. The number of nitro benzene ring substituents is 1. The van der Waals surface area contributed by atoms with Gasteiger partial charge in [0.1, 0.15) is 4.90 Å². The average molecular weight is 367 g/mol. The normalized spacial score (nSPS) is 19.9. The van der Waals surface area contributed by atoms with Crippen LogP contribution in [0.2, 0.25) is 0 Å². The van der Waals surface area contributed by atoms with E-state index in [-0.39, 0.29) is 16.6 Å². The van der Waals surface area contributed by atoms with Gasteiger partial charge < -0.3 is 4.90 Å². The molecule has 3 rings (SSSR count). The molecule has 2 fully saturated rings. The number of hydrogen-bond acceptors (Lipinski definition) is 5. The van der Waals surface area contributed by atoms with Gasteiger partial charge in [0.05, 0.1) is 10.6 Å². The van der Waals surface area contributed by atoms with Gasteiger partial charge >= 0.3 is 0 Å². The second-order valence-electron chi connectivity index (χ2n) is 6.92. The second-order valence-corrected chi connectivity index (χ2v) is 8.83. The SMILES string of the molecule is CN(c1ccc([N+](=O)[O-])cc1S(=O)(=O)N1CCCC1)C1CCCCC1. The van der Waals surface area contributed by atoms with Gasteiger partial charge in [0.25, 0.3) is 5.69 Å². The number of rotatable bonds is 5. The summed E-state index contributed by atoms with van der Waals surface area (Å²) < 4.78 is 27.6. The predicted octanol–water partition coefficient (Wildman–Crippen LogP) is 3.15. The molecule has 8 heteroatoms. The molecule has 1 aliphatic carbocycles. The zero-order valence-corrected chi connectivity index (χ0v) is 15.4. The van der Waals surface area contributed by atoms with E-state index in [1.807, 2.05) is 11.9 Å². The van der Waals surface area contributed by atoms with E-state index in [0.29, 0.717) is 18.8 Å². The summed E-state index contributed by atoms with van der Waals surface area (Å²) in [5.41, 5.74) is 0.392. The Morgan fingerprint density at radius 2 is 1.76 bits per heavy atom. The first kappa shape index (κ1) is 18.1. The highest BCUT2D eigenvalue weighted by atomic mass is 32.2. The fourth-order valence-corrected chi connectivity index (χ4v) is 5.61. The number of non-ortho nitro benzene ring substituents is 1. The van der Waals surface area contributed by atoms with Crippen molar-refractivity contribution in [2.45, 2.75) is 55.9 Å². The van der Waals surface area contributed by atoms with Crippen LogP contribution in [-0.2, 0) is 10.0 Å². The number of hydrogen-bond donors (Lipinski definition) is 0. The number of sulfonamides is 1. The summed E-state index contributed by atoms with van der Waals surface area (Å²) in [6.07, 6.45) is 7.20. The van der Waals surface area contributed by atoms with E-state index in [1.165, 1.54) is 22.9 Å². The Balaban J connectivity index is 2.03. The van der Waals surface area contributed by atoms with Gasteiger partial charge in [-0.2, -0.15) is 4.31 Å². The van der Waals surface area contributed by atoms with E-state index in [4.69, 9.17) is 0 Å². The molecular formula is C17H25N3O4S. The van der Waals surface area contributed by atoms with Gasteiger partial charge in [0.2, 0.25) is 10.0 Å². The number of anilines is 1. The standard InChI is InChI=1S/C17H25N3O4S/c1-18(14-7-3-2-4-8-14)16-10-9-15(20(21)22)13-17(16)25(23,24)19-11-5-6-12-19/h9-10,13-14H,2-8,11-12H2,1H3. The molecule has 2 aliphatic rings. The van der Waals surface area contributed by atoms with Crippen LogP contribution in [0.5, 0.6) is 0 Å². The third kappa shape index (κ3) is 3.64. The van der Waals surface area contributed by atoms with Crippen LogP contribution in [-0.4, -0.2) is 43.8 Å². The minimum atomic E-state index is -3.72. The van der Waals surface area contributed by atoms with Crippen molar-refractivity contribution in [2.75, 3.05) is 25.0 Å². The van der Waals surface area contributed by atoms with Gasteiger partial charge in [-0.3, -0.25) is 10.1 Å². The summed E-state index contributed by atoms with van der Waals surface area (Å²) in [4.78, 5) is 12.7. The zero-order chi connectivity index (χ0) is 18.0. The van der Waals surface area contributed by atoms with Crippen molar-refractivity contribution in [3.05, 3.63) is 28.3 Å². The monoisotopic (exact) mass is 367 g/mol. The summed E-state index contributed by atoms with van der Waals surface area (Å²) >= 11 is 0. The highest BCUT2D eigenvalue weighted by Gasteiger charge is 2.33. The van der Waals surface area contributed by atoms with Crippen molar-refractivity contribution in [3.63, 3.8) is 0 Å². The van der Waals surface area contributed by atoms with Crippen LogP contribution in [0.15, 0.2) is 23.1 Å². The maximum atomic E-state index is 13.1. The molecule has 7 nitrogen and oxygen atoms in total. The van der Waals surface area contributed by atoms with Gasteiger partial charge in [0.15, 0.2) is 0 Å². The Kier molecular flexibility index (Phi) is 5.29. The lowest BCUT2D eigenvalue weighted by molar-refractivity contribution is -0.385. The first-order valence-corrected chi connectivity index (χ1v) is 10.4. The van der Waals surface area contributed by atoms with Gasteiger partial charge in [-0.05, 0) is 31.7 Å². The molecule has 1 saturated carbocycles. The summed E-state index contributed by atoms with van der Waals surface area (Å²) in [6, 6.07) is 4.50. The molecule has 1 aromatic rings. The molecule has 0 aromatic heterocycles. The molecule has 1 aliphatic heterocycles. The maximum Gasteiger partial charge on any atom is 0.270 e. The van der Waals surface area contributed by atoms with Crippen molar-refractivity contribution < 1.29 is 13.3 Å². The van der Waals surface area contributed by atoms with Crippen LogP contribution in [0.3, 0.4) is 0 Å². The van der Waals surface area contributed by atoms with Crippen molar-refractivity contribution in [1.29, 1.82) is 0 Å². The average Bonchev–Trinajstić information content (AvgIpc) is 3.17. The highest BCUT2D eigenvalue weighted by Crippen LogP contribution is 2.35. The summed E-state index contributed by atoms with van der Waals surface area (Å²) in [7, 11) is -1.82. The Bertz CT molecular complexity index is 738. The number of nitrogens with zero attached hydrogens (tertiary/aromatic N) is 3. The van der Waals surface area contributed by atoms with Crippen LogP contribution in [0.4, 0.5) is 11.4 Å². The van der Waals surface area contributed by atoms with Gasteiger partial charge in [-0.15, -0.1) is 0 Å². The van der Waals surface area contributed by atoms with Crippen molar-refractivity contribution in [1.82, 2.24) is 4.31 Å². The zero-order valence-electron chi connectivity index (χ0n) is 14.6. The smallest absolute Gasteiger partial charge is 0.270 e. The Hall–Kier alpha value is -1.67. The molecule has 1 aromatic carbocycles. The van der Waals surface area contributed by atoms with Crippen molar-refractivity contribution in [2.24, 2.45) is 0 Å². The summed E-state index contributed by atoms with van der Waals surface area (Å²) in [6.45, 7) is 0.967. The largest absolute Gasteiger partial charge is 0.371 e. The lowest BCUT2D eigenvalue weighted by Gasteiger charge is -2.34. The van der Waals surface area contributed by atoms with E-state index in [9.17, 15) is 18.5 Å². The lowest BCUT2D eigenvalue weighted by atomic mass is 9.94. The third-order valence-electron chi connectivity index (χ3n) is 5.34. The molecule has 0 atom stereocenters. The Morgan fingerprint density at radius 3 is 2.36 bits per heavy atom. The molecule has 0 amide bonds. The minimum absolute atomic E-state index is 0.0664. The minimum Gasteiger partial charge on any atom is -0.371 e. The van der Waals surface area contributed by atoms with Crippen molar-refractivity contribution in [3.8, 4) is 0 Å². The molecule has 0 spiro atoms. The lowest BCUT2D eigenvalue weighted by Crippen LogP contribution is -2.36. The Morgan fingerprint density at radius 1 is 1.12 bits per heavy atom. The highest BCUT2D eigenvalue weighted by molar-refractivity contribution is 7.89. The van der Waals surface area contributed by atoms with E-state index < -0.39 is 14.9 Å². The topological polar surface area (TPSA) is 83.8 Å². The van der Waals surface area contributed by atoms with Gasteiger partial charge in [-0.25, -0.2) is 8.42 Å². The van der Waals surface area contributed by atoms with E-state index >= 15 is 0 Å². The fourth-order valence-electron chi connectivity index (χ4n) is 3.85. The molecular weight excluding hydrogens is 342 g/mol. The predicted molar refractivity (Wildman–Crippen MR) is 96.4 cm³/mol. The molecule has 1 saturated heterocycles. The van der Waals surface area contributed by atoms with E-state index in [2.05, 4.69) is 0 Å². The van der Waals surface area contributed by atoms with Gasteiger partial charge in [-0.1, -0.05) is 19.3 Å². The molecule has 0 radical (unpaired) electrons. The van der Waals surface area contributed by atoms with E-state index in [0.717, 1.165) is 38.5 Å². The van der Waals surface area contributed by atoms with Crippen LogP contribution >= 0.6 is 0 Å². The van der Waals surface area contributed by atoms with Gasteiger partial charge in [0, 0.05) is 38.3 Å². The molecule has 0 bridgehead atoms. The van der Waals surface area contributed by atoms with E-state index in [1.54, 1.807) is 6.07 Å². The van der Waals surface area contributed by atoms with Crippen LogP contribution in [0.25, 0.3) is 0 Å². The second kappa shape index (κ2) is 7.29. The first-order valence-electron chi connectivity index (χ1n) is 8.92. The number of benzene rings is 1. The molecule has 0 N–H and O–H groups in total. The fraction of sp³-hybridized carbons (Fsp3) is 0.647. The summed E-state index contributed by atoms with van der Waals surface area (Å²) in [5, 5.41) is 11.2. The third-order valence-corrected chi connectivity index (χ3v) is 7.27. The summed E-state index contributed by atoms with van der Waals surface area (Å²) in [5.74, 6) is 0. The van der Waals surface area contributed by atoms with Crippen LogP contribution in [0.1, 0.15) is 44.9 Å². The quantitative estimate of drug-likeness (QED) is 0.590. The molecule has 0 unspecified atom stereocenters. The first-order chi connectivity index (χ1) is 11.9. The molecule has 138 valence electrons. The number of nitro groups is 1. The maximum absolute atomic E-state index is 13.1. The van der Waals surface area contributed by atoms with Crippen molar-refractivity contribution >= 4 is 21.4 Å². The van der Waals surface area contributed by atoms with Crippen LogP contribution in [0, 0.1) is 10.1 Å². The molecule has 1 heterocycles. The van der Waals surface area contributed by atoms with Crippen LogP contribution < -0.4 is 4.90 Å².